The Balaban J connectivity index is 2.35. The molecule has 0 radical (unpaired) electrons. The maximum atomic E-state index is 13.3. The molecule has 0 fully saturated rings. The number of halogens is 1. The third-order valence-corrected chi connectivity index (χ3v) is 5.33. The summed E-state index contributed by atoms with van der Waals surface area (Å²) in [6.07, 6.45) is 1.69. The van der Waals surface area contributed by atoms with E-state index in [4.69, 9.17) is 10.5 Å². The van der Waals surface area contributed by atoms with Crippen LogP contribution in [0.25, 0.3) is 0 Å². The third-order valence-electron chi connectivity index (χ3n) is 4.61. The largest absolute Gasteiger partial charge is 0.440 e. The molecule has 1 atom stereocenters. The van der Waals surface area contributed by atoms with Crippen LogP contribution >= 0.6 is 15.9 Å². The minimum atomic E-state index is -0.555. The zero-order valence-corrected chi connectivity index (χ0v) is 16.3. The summed E-state index contributed by atoms with van der Waals surface area (Å²) in [5.41, 5.74) is 8.36. The topological polar surface area (TPSA) is 81.0 Å². The average Bonchev–Trinajstić information content (AvgIpc) is 2.62. The highest BCUT2D eigenvalue weighted by molar-refractivity contribution is 9.10. The van der Waals surface area contributed by atoms with E-state index in [0.717, 1.165) is 28.6 Å². The Kier molecular flexibility index (Phi) is 5.19. The summed E-state index contributed by atoms with van der Waals surface area (Å²) in [7, 11) is 0. The molecule has 1 aromatic carbocycles. The van der Waals surface area contributed by atoms with Gasteiger partial charge in [-0.3, -0.25) is 4.79 Å². The number of hydrogen-bond acceptors (Lipinski definition) is 4. The molecule has 5 nitrogen and oxygen atoms in total. The molecule has 1 unspecified atom stereocenters. The number of rotatable bonds is 4. The predicted molar refractivity (Wildman–Crippen MR) is 104 cm³/mol. The van der Waals surface area contributed by atoms with E-state index in [0.29, 0.717) is 17.9 Å². The highest BCUT2D eigenvalue weighted by atomic mass is 79.9. The van der Waals surface area contributed by atoms with Gasteiger partial charge in [-0.25, -0.2) is 0 Å². The van der Waals surface area contributed by atoms with Crippen molar-refractivity contribution >= 4 is 15.9 Å². The fourth-order valence-electron chi connectivity index (χ4n) is 3.45. The molecule has 134 valence electrons. The Labute approximate surface area is 160 Å². The molecular formula is C20H20BrN3O2. The number of aryl methyl sites for hydroxylation is 1. The second kappa shape index (κ2) is 7.38. The van der Waals surface area contributed by atoms with Gasteiger partial charge >= 0.3 is 0 Å². The van der Waals surface area contributed by atoms with Crippen molar-refractivity contribution in [3.63, 3.8) is 0 Å². The third kappa shape index (κ3) is 2.93. The number of hydrogen-bond donors (Lipinski definition) is 1. The van der Waals surface area contributed by atoms with Gasteiger partial charge in [-0.1, -0.05) is 47.5 Å². The van der Waals surface area contributed by atoms with Gasteiger partial charge in [-0.15, -0.1) is 0 Å². The highest BCUT2D eigenvalue weighted by Crippen LogP contribution is 2.42. The lowest BCUT2D eigenvalue weighted by Gasteiger charge is -2.28. The molecule has 0 spiro atoms. The van der Waals surface area contributed by atoms with Crippen molar-refractivity contribution in [2.75, 3.05) is 0 Å². The van der Waals surface area contributed by atoms with Gasteiger partial charge in [-0.05, 0) is 25.0 Å². The molecule has 2 N–H and O–H groups in total. The van der Waals surface area contributed by atoms with Crippen LogP contribution in [-0.4, -0.2) is 4.57 Å². The molecule has 26 heavy (non-hydrogen) atoms. The smallest absolute Gasteiger partial charge is 0.258 e. The SMILES string of the molecule is CCCc1cc2c(c(=O)n1CC)C(c1ccccc1Br)C(C#N)=C(N)O2. The normalized spacial score (nSPS) is 16.0. The summed E-state index contributed by atoms with van der Waals surface area (Å²) >= 11 is 3.54. The monoisotopic (exact) mass is 413 g/mol. The van der Waals surface area contributed by atoms with Crippen LogP contribution in [-0.2, 0) is 13.0 Å². The molecule has 6 heteroatoms. The number of pyridine rings is 1. The van der Waals surface area contributed by atoms with Gasteiger partial charge in [0.2, 0.25) is 5.88 Å². The standard InChI is InChI=1S/C20H20BrN3O2/c1-3-7-12-10-16-18(20(25)24(12)4-2)17(14(11-22)19(23)26-16)13-8-5-6-9-15(13)21/h5-6,8-10,17H,3-4,7,23H2,1-2H3. The van der Waals surface area contributed by atoms with Crippen LogP contribution in [0, 0.1) is 11.3 Å². The first-order valence-electron chi connectivity index (χ1n) is 8.62. The van der Waals surface area contributed by atoms with Crippen LogP contribution in [0.5, 0.6) is 5.75 Å². The quantitative estimate of drug-likeness (QED) is 0.825. The van der Waals surface area contributed by atoms with Gasteiger partial charge in [0.1, 0.15) is 17.4 Å². The molecule has 0 amide bonds. The second-order valence-corrected chi connectivity index (χ2v) is 7.01. The molecule has 0 bridgehead atoms. The Morgan fingerprint density at radius 3 is 2.69 bits per heavy atom. The summed E-state index contributed by atoms with van der Waals surface area (Å²) < 4.78 is 8.27. The van der Waals surface area contributed by atoms with E-state index >= 15 is 0 Å². The van der Waals surface area contributed by atoms with E-state index in [2.05, 4.69) is 28.9 Å². The van der Waals surface area contributed by atoms with Crippen LogP contribution in [0.3, 0.4) is 0 Å². The first kappa shape index (κ1) is 18.3. The summed E-state index contributed by atoms with van der Waals surface area (Å²) in [6.45, 7) is 4.57. The van der Waals surface area contributed by atoms with Crippen molar-refractivity contribution < 1.29 is 4.74 Å². The van der Waals surface area contributed by atoms with Crippen molar-refractivity contribution in [1.82, 2.24) is 4.57 Å². The average molecular weight is 414 g/mol. The minimum absolute atomic E-state index is 0.0526. The zero-order valence-electron chi connectivity index (χ0n) is 14.8. The molecule has 3 rings (SSSR count). The van der Waals surface area contributed by atoms with Crippen molar-refractivity contribution in [3.8, 4) is 11.8 Å². The Bertz CT molecular complexity index is 986. The van der Waals surface area contributed by atoms with Crippen LogP contribution < -0.4 is 16.0 Å². The maximum absolute atomic E-state index is 13.3. The first-order valence-corrected chi connectivity index (χ1v) is 9.41. The predicted octanol–water partition coefficient (Wildman–Crippen LogP) is 3.80. The molecule has 2 aromatic rings. The number of fused-ring (bicyclic) bond motifs is 1. The number of allylic oxidation sites excluding steroid dienone is 1. The molecule has 1 aliphatic heterocycles. The van der Waals surface area contributed by atoms with E-state index in [9.17, 15) is 10.1 Å². The highest BCUT2D eigenvalue weighted by Gasteiger charge is 2.35. The lowest BCUT2D eigenvalue weighted by molar-refractivity contribution is 0.388. The van der Waals surface area contributed by atoms with E-state index in [1.54, 1.807) is 4.57 Å². The molecule has 1 aromatic heterocycles. The van der Waals surface area contributed by atoms with Gasteiger partial charge in [-0.2, -0.15) is 5.26 Å². The van der Waals surface area contributed by atoms with E-state index in [-0.39, 0.29) is 17.0 Å². The Morgan fingerprint density at radius 2 is 2.08 bits per heavy atom. The lowest BCUT2D eigenvalue weighted by atomic mass is 9.84. The fourth-order valence-corrected chi connectivity index (χ4v) is 3.96. The molecule has 0 saturated heterocycles. The summed E-state index contributed by atoms with van der Waals surface area (Å²) in [4.78, 5) is 13.3. The van der Waals surface area contributed by atoms with E-state index in [1.807, 2.05) is 37.3 Å². The summed E-state index contributed by atoms with van der Waals surface area (Å²) in [6, 6.07) is 11.6. The van der Waals surface area contributed by atoms with Crippen molar-refractivity contribution in [1.29, 1.82) is 5.26 Å². The van der Waals surface area contributed by atoms with Gasteiger partial charge in [0.25, 0.3) is 5.56 Å². The van der Waals surface area contributed by atoms with Gasteiger partial charge < -0.3 is 15.0 Å². The maximum Gasteiger partial charge on any atom is 0.258 e. The molecule has 0 aliphatic carbocycles. The zero-order chi connectivity index (χ0) is 18.8. The van der Waals surface area contributed by atoms with Crippen LogP contribution in [0.1, 0.15) is 43.0 Å². The summed E-state index contributed by atoms with van der Waals surface area (Å²) in [5, 5.41) is 9.67. The molecule has 1 aliphatic rings. The molecular weight excluding hydrogens is 394 g/mol. The van der Waals surface area contributed by atoms with E-state index < -0.39 is 5.92 Å². The number of benzene rings is 1. The first-order chi connectivity index (χ1) is 12.5. The van der Waals surface area contributed by atoms with Crippen molar-refractivity contribution in [2.24, 2.45) is 5.73 Å². The molecule has 0 saturated carbocycles. The molecule has 2 heterocycles. The van der Waals surface area contributed by atoms with Gasteiger partial charge in [0.15, 0.2) is 0 Å². The van der Waals surface area contributed by atoms with E-state index in [1.165, 1.54) is 0 Å². The van der Waals surface area contributed by atoms with Crippen LogP contribution in [0.15, 0.2) is 51.1 Å². The number of nitrogens with two attached hydrogens (primary N) is 1. The lowest BCUT2D eigenvalue weighted by Crippen LogP contribution is -2.33. The number of nitrogens with zero attached hydrogens (tertiary/aromatic N) is 2. The Morgan fingerprint density at radius 1 is 1.35 bits per heavy atom. The van der Waals surface area contributed by atoms with Gasteiger partial charge in [0, 0.05) is 22.8 Å². The summed E-state index contributed by atoms with van der Waals surface area (Å²) in [5.74, 6) is -0.0578. The van der Waals surface area contributed by atoms with Crippen molar-refractivity contribution in [3.05, 3.63) is 73.4 Å². The number of ether oxygens (including phenoxy) is 1. The van der Waals surface area contributed by atoms with Crippen molar-refractivity contribution in [2.45, 2.75) is 39.2 Å². The fraction of sp³-hybridized carbons (Fsp3) is 0.300. The number of aromatic nitrogens is 1. The number of nitriles is 1. The second-order valence-electron chi connectivity index (χ2n) is 6.16. The van der Waals surface area contributed by atoms with Gasteiger partial charge in [0.05, 0.1) is 11.5 Å². The minimum Gasteiger partial charge on any atom is -0.440 e. The Hall–Kier alpha value is -2.52. The van der Waals surface area contributed by atoms with Crippen LogP contribution in [0.4, 0.5) is 0 Å². The van der Waals surface area contributed by atoms with Crippen LogP contribution in [0.2, 0.25) is 0 Å².